The van der Waals surface area contributed by atoms with E-state index < -0.39 is 17.5 Å². The molecule has 0 aliphatic rings. The largest absolute Gasteiger partial charge is 0.494 e. The number of rotatable bonds is 4. The van der Waals surface area contributed by atoms with Gasteiger partial charge in [-0.15, -0.1) is 0 Å². The molecule has 0 unspecified atom stereocenters. The van der Waals surface area contributed by atoms with E-state index in [1.807, 2.05) is 0 Å². The molecule has 3 nitrogen and oxygen atoms in total. The van der Waals surface area contributed by atoms with Gasteiger partial charge in [0.05, 0.1) is 12.8 Å². The Balaban J connectivity index is 2.13. The van der Waals surface area contributed by atoms with E-state index in [1.165, 1.54) is 19.2 Å². The number of hydrogen-bond donors (Lipinski definition) is 1. The molecule has 2 aromatic carbocycles. The highest BCUT2D eigenvalue weighted by Crippen LogP contribution is 2.24. The van der Waals surface area contributed by atoms with Crippen molar-refractivity contribution in [2.24, 2.45) is 0 Å². The molecule has 6 heteroatoms. The van der Waals surface area contributed by atoms with Crippen molar-refractivity contribution < 1.29 is 22.6 Å². The number of anilines is 1. The van der Waals surface area contributed by atoms with Crippen molar-refractivity contribution >= 4 is 5.69 Å². The Morgan fingerprint density at radius 1 is 0.950 bits per heavy atom. The average Bonchev–Trinajstić information content (AvgIpc) is 2.41. The lowest BCUT2D eigenvalue weighted by molar-refractivity contribution is 0.287. The summed E-state index contributed by atoms with van der Waals surface area (Å²) in [5, 5.41) is 0. The summed E-state index contributed by atoms with van der Waals surface area (Å²) < 4.78 is 50.0. The molecule has 0 saturated heterocycles. The van der Waals surface area contributed by atoms with Crippen LogP contribution in [-0.2, 0) is 6.61 Å². The van der Waals surface area contributed by atoms with Crippen LogP contribution in [-0.4, -0.2) is 7.11 Å². The van der Waals surface area contributed by atoms with Gasteiger partial charge in [-0.25, -0.2) is 13.2 Å². The maximum atomic E-state index is 13.5. The zero-order valence-electron chi connectivity index (χ0n) is 10.6. The lowest BCUT2D eigenvalue weighted by Gasteiger charge is -2.09. The van der Waals surface area contributed by atoms with E-state index in [0.29, 0.717) is 5.56 Å². The fraction of sp³-hybridized carbons (Fsp3) is 0.143. The molecule has 2 rings (SSSR count). The van der Waals surface area contributed by atoms with Crippen LogP contribution in [0.15, 0.2) is 30.3 Å². The fourth-order valence-corrected chi connectivity index (χ4v) is 1.62. The number of methoxy groups -OCH3 is 1. The molecule has 2 aromatic rings. The van der Waals surface area contributed by atoms with Crippen molar-refractivity contribution in [3.63, 3.8) is 0 Å². The van der Waals surface area contributed by atoms with Gasteiger partial charge in [-0.2, -0.15) is 0 Å². The SMILES string of the molecule is COc1ccc(COc2cc(F)c(N)cc2F)cc1F. The normalized spacial score (nSPS) is 10.4. The first-order valence-corrected chi connectivity index (χ1v) is 5.71. The van der Waals surface area contributed by atoms with E-state index in [4.69, 9.17) is 15.2 Å². The number of benzene rings is 2. The van der Waals surface area contributed by atoms with Crippen molar-refractivity contribution in [1.29, 1.82) is 0 Å². The summed E-state index contributed by atoms with van der Waals surface area (Å²) in [5.41, 5.74) is 5.37. The molecule has 0 aliphatic carbocycles. The van der Waals surface area contributed by atoms with Gasteiger partial charge >= 0.3 is 0 Å². The van der Waals surface area contributed by atoms with E-state index in [-0.39, 0.29) is 23.8 Å². The van der Waals surface area contributed by atoms with Gasteiger partial charge in [-0.3, -0.25) is 0 Å². The molecule has 0 radical (unpaired) electrons. The topological polar surface area (TPSA) is 44.5 Å². The van der Waals surface area contributed by atoms with E-state index >= 15 is 0 Å². The highest BCUT2D eigenvalue weighted by atomic mass is 19.1. The van der Waals surface area contributed by atoms with Crippen molar-refractivity contribution in [2.75, 3.05) is 12.8 Å². The van der Waals surface area contributed by atoms with Crippen molar-refractivity contribution in [3.05, 3.63) is 53.3 Å². The summed E-state index contributed by atoms with van der Waals surface area (Å²) in [7, 11) is 1.35. The monoisotopic (exact) mass is 283 g/mol. The van der Waals surface area contributed by atoms with Gasteiger partial charge in [0.25, 0.3) is 0 Å². The number of nitrogen functional groups attached to an aromatic ring is 1. The molecule has 20 heavy (non-hydrogen) atoms. The zero-order valence-corrected chi connectivity index (χ0v) is 10.6. The van der Waals surface area contributed by atoms with Crippen LogP contribution in [0.4, 0.5) is 18.9 Å². The third-order valence-corrected chi connectivity index (χ3v) is 2.66. The van der Waals surface area contributed by atoms with Crippen molar-refractivity contribution in [2.45, 2.75) is 6.61 Å². The molecule has 0 amide bonds. The Morgan fingerprint density at radius 3 is 2.30 bits per heavy atom. The maximum Gasteiger partial charge on any atom is 0.167 e. The standard InChI is InChI=1S/C14H12F3NO2/c1-19-13-3-2-8(4-10(13)16)7-20-14-6-9(15)12(18)5-11(14)17/h2-6H,7,18H2,1H3. The van der Waals surface area contributed by atoms with Crippen LogP contribution in [0.25, 0.3) is 0 Å². The second-order valence-corrected chi connectivity index (χ2v) is 4.06. The molecule has 2 N–H and O–H groups in total. The Hall–Kier alpha value is -2.37. The minimum absolute atomic E-state index is 0.0958. The lowest BCUT2D eigenvalue weighted by Crippen LogP contribution is -2.01. The first kappa shape index (κ1) is 14.0. The van der Waals surface area contributed by atoms with Gasteiger partial charge in [-0.1, -0.05) is 6.07 Å². The van der Waals surface area contributed by atoms with Gasteiger partial charge in [0.15, 0.2) is 23.1 Å². The van der Waals surface area contributed by atoms with Crippen molar-refractivity contribution in [1.82, 2.24) is 0 Å². The molecule has 0 spiro atoms. The van der Waals surface area contributed by atoms with Crippen molar-refractivity contribution in [3.8, 4) is 11.5 Å². The predicted molar refractivity (Wildman–Crippen MR) is 68.1 cm³/mol. The Bertz CT molecular complexity index is 632. The highest BCUT2D eigenvalue weighted by Gasteiger charge is 2.10. The zero-order chi connectivity index (χ0) is 14.7. The molecular weight excluding hydrogens is 271 g/mol. The van der Waals surface area contributed by atoms with Crippen LogP contribution in [0.1, 0.15) is 5.56 Å². The Labute approximate surface area is 113 Å². The van der Waals surface area contributed by atoms with Crippen LogP contribution in [0.5, 0.6) is 11.5 Å². The van der Waals surface area contributed by atoms with Crippen LogP contribution in [0.3, 0.4) is 0 Å². The Kier molecular flexibility index (Phi) is 4.02. The van der Waals surface area contributed by atoms with Gasteiger partial charge in [0.2, 0.25) is 0 Å². The van der Waals surface area contributed by atoms with Crippen LogP contribution < -0.4 is 15.2 Å². The smallest absolute Gasteiger partial charge is 0.167 e. The minimum atomic E-state index is -0.780. The lowest BCUT2D eigenvalue weighted by atomic mass is 10.2. The van der Waals surface area contributed by atoms with Gasteiger partial charge in [-0.05, 0) is 17.7 Å². The van der Waals surface area contributed by atoms with E-state index in [2.05, 4.69) is 0 Å². The quantitative estimate of drug-likeness (QED) is 0.876. The van der Waals surface area contributed by atoms with E-state index in [9.17, 15) is 13.2 Å². The number of hydrogen-bond acceptors (Lipinski definition) is 3. The minimum Gasteiger partial charge on any atom is -0.494 e. The second-order valence-electron chi connectivity index (χ2n) is 4.06. The van der Waals surface area contributed by atoms with Crippen LogP contribution in [0, 0.1) is 17.5 Å². The predicted octanol–water partition coefficient (Wildman–Crippen LogP) is 3.27. The first-order valence-electron chi connectivity index (χ1n) is 5.71. The first-order chi connectivity index (χ1) is 9.51. The molecule has 0 fully saturated rings. The number of nitrogens with two attached hydrogens (primary N) is 1. The summed E-state index contributed by atoms with van der Waals surface area (Å²) in [6.07, 6.45) is 0. The summed E-state index contributed by atoms with van der Waals surface area (Å²) in [6.45, 7) is -0.110. The molecule has 0 heterocycles. The van der Waals surface area contributed by atoms with Gasteiger partial charge in [0, 0.05) is 12.1 Å². The average molecular weight is 283 g/mol. The Morgan fingerprint density at radius 2 is 1.65 bits per heavy atom. The second kappa shape index (κ2) is 5.73. The molecule has 0 atom stereocenters. The third kappa shape index (κ3) is 2.96. The number of halogens is 3. The summed E-state index contributed by atoms with van der Waals surface area (Å²) in [6, 6.07) is 5.87. The van der Waals surface area contributed by atoms with E-state index in [1.54, 1.807) is 6.07 Å². The highest BCUT2D eigenvalue weighted by molar-refractivity contribution is 5.44. The summed E-state index contributed by atoms with van der Waals surface area (Å²) in [4.78, 5) is 0. The third-order valence-electron chi connectivity index (χ3n) is 2.66. The van der Waals surface area contributed by atoms with E-state index in [0.717, 1.165) is 12.1 Å². The van der Waals surface area contributed by atoms with Crippen LogP contribution in [0.2, 0.25) is 0 Å². The molecule has 0 bridgehead atoms. The summed E-state index contributed by atoms with van der Waals surface area (Å²) >= 11 is 0. The summed E-state index contributed by atoms with van der Waals surface area (Å²) in [5.74, 6) is -2.30. The molecule has 0 saturated carbocycles. The molecular formula is C14H12F3NO2. The molecule has 0 aliphatic heterocycles. The molecule has 106 valence electrons. The van der Waals surface area contributed by atoms with Gasteiger partial charge in [0.1, 0.15) is 12.4 Å². The number of ether oxygens (including phenoxy) is 2. The van der Waals surface area contributed by atoms with Gasteiger partial charge < -0.3 is 15.2 Å². The van der Waals surface area contributed by atoms with Crippen LogP contribution >= 0.6 is 0 Å². The fourth-order valence-electron chi connectivity index (χ4n) is 1.62. The molecule has 0 aromatic heterocycles. The maximum absolute atomic E-state index is 13.5.